The molecule has 0 atom stereocenters. The summed E-state index contributed by atoms with van der Waals surface area (Å²) in [6.07, 6.45) is 0. The molecule has 0 fully saturated rings. The topological polar surface area (TPSA) is 34.2 Å². The molecule has 16 heavy (non-hydrogen) atoms. The summed E-state index contributed by atoms with van der Waals surface area (Å²) in [6.45, 7) is 0.636. The van der Waals surface area contributed by atoms with Crippen LogP contribution < -0.4 is 5.32 Å². The number of methoxy groups -OCH3 is 1. The number of aromatic nitrogens is 1. The summed E-state index contributed by atoms with van der Waals surface area (Å²) in [6, 6.07) is 8.26. The molecule has 1 aromatic heterocycles. The van der Waals surface area contributed by atoms with E-state index in [0.717, 1.165) is 16.4 Å². The minimum atomic E-state index is 0.636. The third-order valence-corrected chi connectivity index (χ3v) is 3.11. The van der Waals surface area contributed by atoms with Crippen molar-refractivity contribution in [3.63, 3.8) is 0 Å². The number of rotatable bonds is 4. The molecule has 0 aliphatic carbocycles. The molecule has 1 N–H and O–H groups in total. The number of hydrogen-bond donors (Lipinski definition) is 1. The lowest BCUT2D eigenvalue weighted by atomic mass is 10.1. The lowest BCUT2D eigenvalue weighted by molar-refractivity contribution is 0.185. The van der Waals surface area contributed by atoms with Crippen LogP contribution >= 0.6 is 11.3 Å². The van der Waals surface area contributed by atoms with Crippen molar-refractivity contribution in [2.24, 2.45) is 0 Å². The summed E-state index contributed by atoms with van der Waals surface area (Å²) in [7, 11) is 3.58. The van der Waals surface area contributed by atoms with Crippen LogP contribution in [-0.4, -0.2) is 19.1 Å². The van der Waals surface area contributed by atoms with Gasteiger partial charge in [0.15, 0.2) is 5.13 Å². The molecule has 1 aromatic carbocycles. The van der Waals surface area contributed by atoms with Crippen LogP contribution in [0, 0.1) is 0 Å². The summed E-state index contributed by atoms with van der Waals surface area (Å²) in [5.41, 5.74) is 3.30. The average Bonchev–Trinajstić information content (AvgIpc) is 2.78. The third kappa shape index (κ3) is 2.40. The van der Waals surface area contributed by atoms with Crippen LogP contribution in [0.15, 0.2) is 29.6 Å². The van der Waals surface area contributed by atoms with Gasteiger partial charge in [-0.2, -0.15) is 0 Å². The van der Waals surface area contributed by atoms with Crippen LogP contribution in [0.2, 0.25) is 0 Å². The molecule has 3 nitrogen and oxygen atoms in total. The molecule has 4 heteroatoms. The van der Waals surface area contributed by atoms with Gasteiger partial charge in [0.05, 0.1) is 12.3 Å². The summed E-state index contributed by atoms with van der Waals surface area (Å²) >= 11 is 1.61. The smallest absolute Gasteiger partial charge is 0.182 e. The molecule has 0 bridgehead atoms. The summed E-state index contributed by atoms with van der Waals surface area (Å²) in [4.78, 5) is 4.47. The largest absolute Gasteiger partial charge is 0.380 e. The molecule has 84 valence electrons. The zero-order chi connectivity index (χ0) is 11.4. The van der Waals surface area contributed by atoms with E-state index in [1.54, 1.807) is 18.4 Å². The van der Waals surface area contributed by atoms with Crippen LogP contribution in [0.5, 0.6) is 0 Å². The second-order valence-corrected chi connectivity index (χ2v) is 4.28. The first-order valence-electron chi connectivity index (χ1n) is 5.05. The van der Waals surface area contributed by atoms with Gasteiger partial charge in [-0.3, -0.25) is 0 Å². The van der Waals surface area contributed by atoms with Gasteiger partial charge in [-0.15, -0.1) is 11.3 Å². The van der Waals surface area contributed by atoms with Crippen molar-refractivity contribution >= 4 is 16.5 Å². The van der Waals surface area contributed by atoms with Crippen LogP contribution in [0.1, 0.15) is 5.56 Å². The lowest BCUT2D eigenvalue weighted by Gasteiger charge is -2.02. The SMILES string of the molecule is CNc1nc(-c2cccc(COC)c2)cs1. The maximum Gasteiger partial charge on any atom is 0.182 e. The highest BCUT2D eigenvalue weighted by Crippen LogP contribution is 2.25. The minimum absolute atomic E-state index is 0.636. The normalized spacial score (nSPS) is 10.4. The van der Waals surface area contributed by atoms with Gasteiger partial charge in [0.25, 0.3) is 0 Å². The van der Waals surface area contributed by atoms with Crippen molar-refractivity contribution in [1.82, 2.24) is 4.98 Å². The van der Waals surface area contributed by atoms with Crippen LogP contribution in [-0.2, 0) is 11.3 Å². The van der Waals surface area contributed by atoms with E-state index in [9.17, 15) is 0 Å². The van der Waals surface area contributed by atoms with Gasteiger partial charge in [-0.05, 0) is 11.6 Å². The number of ether oxygens (including phenoxy) is 1. The second kappa shape index (κ2) is 5.09. The molecule has 2 rings (SSSR count). The number of nitrogens with zero attached hydrogens (tertiary/aromatic N) is 1. The first-order valence-corrected chi connectivity index (χ1v) is 5.93. The van der Waals surface area contributed by atoms with Crippen molar-refractivity contribution in [2.45, 2.75) is 6.61 Å². The Morgan fingerprint density at radius 3 is 3.00 bits per heavy atom. The van der Waals surface area contributed by atoms with Crippen LogP contribution in [0.25, 0.3) is 11.3 Å². The molecule has 2 aromatic rings. The van der Waals surface area contributed by atoms with E-state index < -0.39 is 0 Å². The Labute approximate surface area is 99.1 Å². The molecule has 0 aliphatic heterocycles. The standard InChI is InChI=1S/C12H14N2OS/c1-13-12-14-11(8-16-12)10-5-3-4-9(6-10)7-15-2/h3-6,8H,7H2,1-2H3,(H,13,14). The quantitative estimate of drug-likeness (QED) is 0.883. The summed E-state index contributed by atoms with van der Waals surface area (Å²) in [5, 5.41) is 6.03. The van der Waals surface area contributed by atoms with E-state index in [1.165, 1.54) is 5.56 Å². The Morgan fingerprint density at radius 1 is 1.44 bits per heavy atom. The van der Waals surface area contributed by atoms with Crippen molar-refractivity contribution in [3.8, 4) is 11.3 Å². The molecular formula is C12H14N2OS. The molecule has 0 spiro atoms. The summed E-state index contributed by atoms with van der Waals surface area (Å²) in [5.74, 6) is 0. The Bertz CT molecular complexity index is 468. The van der Waals surface area contributed by atoms with Crippen LogP contribution in [0.4, 0.5) is 5.13 Å². The maximum atomic E-state index is 5.11. The van der Waals surface area contributed by atoms with E-state index in [0.29, 0.717) is 6.61 Å². The predicted octanol–water partition coefficient (Wildman–Crippen LogP) is 3.00. The van der Waals surface area contributed by atoms with Crippen molar-refractivity contribution in [3.05, 3.63) is 35.2 Å². The molecular weight excluding hydrogens is 220 g/mol. The van der Waals surface area contributed by atoms with E-state index in [2.05, 4.69) is 33.9 Å². The van der Waals surface area contributed by atoms with Gasteiger partial charge in [-0.25, -0.2) is 4.98 Å². The van der Waals surface area contributed by atoms with E-state index in [4.69, 9.17) is 4.74 Å². The van der Waals surface area contributed by atoms with E-state index >= 15 is 0 Å². The van der Waals surface area contributed by atoms with Crippen molar-refractivity contribution < 1.29 is 4.74 Å². The molecule has 0 aliphatic rings. The van der Waals surface area contributed by atoms with Crippen molar-refractivity contribution in [2.75, 3.05) is 19.5 Å². The fraction of sp³-hybridized carbons (Fsp3) is 0.250. The summed E-state index contributed by atoms with van der Waals surface area (Å²) < 4.78 is 5.11. The molecule has 0 saturated heterocycles. The van der Waals surface area contributed by atoms with Gasteiger partial charge >= 0.3 is 0 Å². The molecule has 0 radical (unpaired) electrons. The van der Waals surface area contributed by atoms with Gasteiger partial charge in [0.1, 0.15) is 0 Å². The van der Waals surface area contributed by atoms with Crippen LogP contribution in [0.3, 0.4) is 0 Å². The van der Waals surface area contributed by atoms with E-state index in [-0.39, 0.29) is 0 Å². The molecule has 0 amide bonds. The highest BCUT2D eigenvalue weighted by atomic mass is 32.1. The maximum absolute atomic E-state index is 5.11. The zero-order valence-electron chi connectivity index (χ0n) is 9.36. The predicted molar refractivity (Wildman–Crippen MR) is 67.8 cm³/mol. The highest BCUT2D eigenvalue weighted by Gasteiger charge is 2.03. The third-order valence-electron chi connectivity index (χ3n) is 2.25. The fourth-order valence-electron chi connectivity index (χ4n) is 1.51. The number of nitrogens with one attached hydrogen (secondary N) is 1. The number of thiazole rings is 1. The fourth-order valence-corrected chi connectivity index (χ4v) is 2.19. The Morgan fingerprint density at radius 2 is 2.31 bits per heavy atom. The van der Waals surface area contributed by atoms with Gasteiger partial charge in [0.2, 0.25) is 0 Å². The Hall–Kier alpha value is -1.39. The number of hydrogen-bond acceptors (Lipinski definition) is 4. The zero-order valence-corrected chi connectivity index (χ0v) is 10.2. The Kier molecular flexibility index (Phi) is 3.54. The van der Waals surface area contributed by atoms with Gasteiger partial charge in [-0.1, -0.05) is 18.2 Å². The monoisotopic (exact) mass is 234 g/mol. The van der Waals surface area contributed by atoms with E-state index in [1.807, 2.05) is 13.1 Å². The van der Waals surface area contributed by atoms with Gasteiger partial charge in [0, 0.05) is 25.1 Å². The first kappa shape index (κ1) is 11.1. The average molecular weight is 234 g/mol. The number of anilines is 1. The molecule has 1 heterocycles. The Balaban J connectivity index is 2.28. The number of benzene rings is 1. The minimum Gasteiger partial charge on any atom is -0.380 e. The second-order valence-electron chi connectivity index (χ2n) is 3.42. The molecule has 0 unspecified atom stereocenters. The van der Waals surface area contributed by atoms with Crippen molar-refractivity contribution in [1.29, 1.82) is 0 Å². The van der Waals surface area contributed by atoms with Gasteiger partial charge < -0.3 is 10.1 Å². The highest BCUT2D eigenvalue weighted by molar-refractivity contribution is 7.14. The lowest BCUT2D eigenvalue weighted by Crippen LogP contribution is -1.89. The first-order chi connectivity index (χ1) is 7.83. The molecule has 0 saturated carbocycles.